The average Bonchev–Trinajstić information content (AvgIpc) is 2.74. The highest BCUT2D eigenvalue weighted by Gasteiger charge is 2.47. The number of nitrogens with one attached hydrogen (secondary N) is 1. The van der Waals surface area contributed by atoms with Crippen LogP contribution < -0.4 is 5.32 Å². The number of carbonyl (C=O) groups excluding carboxylic acids is 1. The molecule has 4 rings (SSSR count). The van der Waals surface area contributed by atoms with E-state index in [9.17, 15) is 4.79 Å². The normalized spacial score (nSPS) is 23.5. The summed E-state index contributed by atoms with van der Waals surface area (Å²) in [5.74, 6) is 0.164. The highest BCUT2D eigenvalue weighted by atomic mass is 35.5. The third kappa shape index (κ3) is 4.66. The fraction of sp³-hybridized carbons (Fsp3) is 0.458. The summed E-state index contributed by atoms with van der Waals surface area (Å²) in [5, 5.41) is 4.11. The van der Waals surface area contributed by atoms with Gasteiger partial charge in [0.25, 0.3) is 0 Å². The summed E-state index contributed by atoms with van der Waals surface area (Å²) in [7, 11) is 0. The Morgan fingerprint density at radius 3 is 2.38 bits per heavy atom. The topological polar surface area (TPSA) is 35.6 Å². The van der Waals surface area contributed by atoms with Crippen LogP contribution in [0.4, 0.5) is 0 Å². The molecule has 0 radical (unpaired) electrons. The molecule has 0 spiro atoms. The van der Waals surface area contributed by atoms with Gasteiger partial charge in [-0.05, 0) is 43.4 Å². The van der Waals surface area contributed by atoms with Gasteiger partial charge < -0.3 is 5.32 Å². The molecule has 1 amide bonds. The largest absolute Gasteiger partial charge is 0.352 e. The summed E-state index contributed by atoms with van der Waals surface area (Å²) in [5.41, 5.74) is 2.01. The predicted molar refractivity (Wildman–Crippen MR) is 118 cm³/mol. The lowest BCUT2D eigenvalue weighted by Crippen LogP contribution is -2.66. The average molecular weight is 412 g/mol. The fourth-order valence-electron chi connectivity index (χ4n) is 4.37. The van der Waals surface area contributed by atoms with Gasteiger partial charge in [0, 0.05) is 43.8 Å². The molecule has 2 fully saturated rings. The van der Waals surface area contributed by atoms with Crippen molar-refractivity contribution in [2.24, 2.45) is 0 Å². The van der Waals surface area contributed by atoms with E-state index in [0.717, 1.165) is 62.6 Å². The number of piperidine rings is 1. The van der Waals surface area contributed by atoms with Crippen molar-refractivity contribution in [3.8, 4) is 0 Å². The molecule has 2 saturated heterocycles. The number of hydrogen-bond acceptors (Lipinski definition) is 3. The Bertz CT molecular complexity index is 835. The molecule has 0 bridgehead atoms. The van der Waals surface area contributed by atoms with E-state index in [1.807, 2.05) is 24.3 Å². The molecule has 0 saturated carbocycles. The van der Waals surface area contributed by atoms with E-state index >= 15 is 0 Å². The maximum Gasteiger partial charge on any atom is 0.240 e. The standard InChI is InChI=1S/C24H30ClN3O/c1-24(13-16-28(24)18-20-9-5-6-10-22(20)25)23(29)26-21-11-14-27(15-12-21)17-19-7-3-2-4-8-19/h2-10,21H,11-18H2,1H3,(H,26,29). The van der Waals surface area contributed by atoms with E-state index in [1.165, 1.54) is 5.56 Å². The molecule has 1 atom stereocenters. The Labute approximate surface area is 178 Å². The van der Waals surface area contributed by atoms with Crippen LogP contribution in [0.15, 0.2) is 54.6 Å². The molecule has 2 aliphatic rings. The highest BCUT2D eigenvalue weighted by Crippen LogP contribution is 2.33. The van der Waals surface area contributed by atoms with E-state index in [0.29, 0.717) is 0 Å². The second-order valence-corrected chi connectivity index (χ2v) is 8.95. The molecule has 2 aliphatic heterocycles. The molecule has 2 aromatic rings. The summed E-state index contributed by atoms with van der Waals surface area (Å²) in [6, 6.07) is 18.8. The van der Waals surface area contributed by atoms with Crippen molar-refractivity contribution < 1.29 is 4.79 Å². The molecular formula is C24H30ClN3O. The van der Waals surface area contributed by atoms with Crippen LogP contribution in [0.3, 0.4) is 0 Å². The van der Waals surface area contributed by atoms with Gasteiger partial charge in [0.05, 0.1) is 5.54 Å². The molecule has 2 aromatic carbocycles. The third-order valence-electron chi connectivity index (χ3n) is 6.55. The van der Waals surface area contributed by atoms with Crippen LogP contribution in [-0.2, 0) is 17.9 Å². The zero-order valence-electron chi connectivity index (χ0n) is 17.1. The minimum atomic E-state index is -0.430. The van der Waals surface area contributed by atoms with Crippen molar-refractivity contribution in [2.45, 2.75) is 50.9 Å². The van der Waals surface area contributed by atoms with Crippen LogP contribution in [0.1, 0.15) is 37.3 Å². The molecule has 4 nitrogen and oxygen atoms in total. The summed E-state index contributed by atoms with van der Waals surface area (Å²) in [4.78, 5) is 17.8. The number of amides is 1. The van der Waals surface area contributed by atoms with Crippen LogP contribution in [0.2, 0.25) is 5.02 Å². The minimum Gasteiger partial charge on any atom is -0.352 e. The first-order valence-electron chi connectivity index (χ1n) is 10.6. The van der Waals surface area contributed by atoms with Gasteiger partial charge in [-0.2, -0.15) is 0 Å². The number of hydrogen-bond donors (Lipinski definition) is 1. The van der Waals surface area contributed by atoms with Gasteiger partial charge in [-0.3, -0.25) is 14.6 Å². The summed E-state index contributed by atoms with van der Waals surface area (Å²) in [6.45, 7) is 6.77. The fourth-order valence-corrected chi connectivity index (χ4v) is 4.56. The molecule has 5 heteroatoms. The van der Waals surface area contributed by atoms with Crippen molar-refractivity contribution >= 4 is 17.5 Å². The quantitative estimate of drug-likeness (QED) is 0.777. The van der Waals surface area contributed by atoms with E-state index in [4.69, 9.17) is 11.6 Å². The third-order valence-corrected chi connectivity index (χ3v) is 6.92. The Hall–Kier alpha value is -1.88. The van der Waals surface area contributed by atoms with Crippen LogP contribution >= 0.6 is 11.6 Å². The number of rotatable bonds is 6. The van der Waals surface area contributed by atoms with Gasteiger partial charge in [0.2, 0.25) is 5.91 Å². The van der Waals surface area contributed by atoms with Gasteiger partial charge in [-0.1, -0.05) is 60.1 Å². The summed E-state index contributed by atoms with van der Waals surface area (Å²) in [6.07, 6.45) is 2.93. The second-order valence-electron chi connectivity index (χ2n) is 8.55. The smallest absolute Gasteiger partial charge is 0.240 e. The van der Waals surface area contributed by atoms with Gasteiger partial charge in [-0.15, -0.1) is 0 Å². The zero-order chi connectivity index (χ0) is 20.3. The summed E-state index contributed by atoms with van der Waals surface area (Å²) >= 11 is 6.32. The van der Waals surface area contributed by atoms with Crippen LogP contribution in [0, 0.1) is 0 Å². The Balaban J connectivity index is 1.27. The number of benzene rings is 2. The van der Waals surface area contributed by atoms with Crippen molar-refractivity contribution in [3.05, 3.63) is 70.7 Å². The van der Waals surface area contributed by atoms with Gasteiger partial charge in [0.1, 0.15) is 0 Å². The molecular weight excluding hydrogens is 382 g/mol. The van der Waals surface area contributed by atoms with Crippen molar-refractivity contribution in [1.82, 2.24) is 15.1 Å². The second kappa shape index (κ2) is 8.86. The number of nitrogens with zero attached hydrogens (tertiary/aromatic N) is 2. The van der Waals surface area contributed by atoms with Gasteiger partial charge in [-0.25, -0.2) is 0 Å². The Kier molecular flexibility index (Phi) is 6.23. The first-order valence-corrected chi connectivity index (χ1v) is 11.0. The van der Waals surface area contributed by atoms with E-state index < -0.39 is 5.54 Å². The lowest BCUT2D eigenvalue weighted by Gasteiger charge is -2.50. The molecule has 1 unspecified atom stereocenters. The molecule has 29 heavy (non-hydrogen) atoms. The first kappa shape index (κ1) is 20.4. The SMILES string of the molecule is CC1(C(=O)NC2CCN(Cc3ccccc3)CC2)CCN1Cc1ccccc1Cl. The number of halogens is 1. The maximum absolute atomic E-state index is 13.1. The van der Waals surface area contributed by atoms with E-state index in [1.54, 1.807) is 0 Å². The van der Waals surface area contributed by atoms with Gasteiger partial charge >= 0.3 is 0 Å². The predicted octanol–water partition coefficient (Wildman–Crippen LogP) is 4.09. The van der Waals surface area contributed by atoms with Crippen LogP contribution in [-0.4, -0.2) is 46.9 Å². The maximum atomic E-state index is 13.1. The molecule has 0 aliphatic carbocycles. The first-order chi connectivity index (χ1) is 14.0. The van der Waals surface area contributed by atoms with Crippen LogP contribution in [0.5, 0.6) is 0 Å². The molecule has 2 heterocycles. The lowest BCUT2D eigenvalue weighted by molar-refractivity contribution is -0.143. The molecule has 1 N–H and O–H groups in total. The zero-order valence-corrected chi connectivity index (χ0v) is 17.9. The lowest BCUT2D eigenvalue weighted by atomic mass is 9.84. The number of likely N-dealkylation sites (tertiary alicyclic amines) is 2. The van der Waals surface area contributed by atoms with E-state index in [-0.39, 0.29) is 11.9 Å². The van der Waals surface area contributed by atoms with Gasteiger partial charge in [0.15, 0.2) is 0 Å². The Morgan fingerprint density at radius 2 is 1.72 bits per heavy atom. The highest BCUT2D eigenvalue weighted by molar-refractivity contribution is 6.31. The van der Waals surface area contributed by atoms with Crippen molar-refractivity contribution in [2.75, 3.05) is 19.6 Å². The van der Waals surface area contributed by atoms with E-state index in [2.05, 4.69) is 52.4 Å². The number of carbonyl (C=O) groups is 1. The molecule has 0 aromatic heterocycles. The van der Waals surface area contributed by atoms with Crippen molar-refractivity contribution in [1.29, 1.82) is 0 Å². The monoisotopic (exact) mass is 411 g/mol. The Morgan fingerprint density at radius 1 is 1.03 bits per heavy atom. The molecule has 154 valence electrons. The minimum absolute atomic E-state index is 0.164. The summed E-state index contributed by atoms with van der Waals surface area (Å²) < 4.78 is 0. The van der Waals surface area contributed by atoms with Crippen molar-refractivity contribution in [3.63, 3.8) is 0 Å². The van der Waals surface area contributed by atoms with Crippen LogP contribution in [0.25, 0.3) is 0 Å².